The molecule has 0 aromatic rings. The van der Waals surface area contributed by atoms with Gasteiger partial charge in [0.1, 0.15) is 0 Å². The van der Waals surface area contributed by atoms with E-state index in [-0.39, 0.29) is 0 Å². The van der Waals surface area contributed by atoms with Crippen molar-refractivity contribution in [3.63, 3.8) is 0 Å². The molecule has 2 heteroatoms. The fourth-order valence-electron chi connectivity index (χ4n) is 1.71. The predicted molar refractivity (Wildman–Crippen MR) is 63.2 cm³/mol. The van der Waals surface area contributed by atoms with Gasteiger partial charge in [0.15, 0.2) is 0 Å². The first-order chi connectivity index (χ1) is 7.33. The van der Waals surface area contributed by atoms with Crippen LogP contribution >= 0.6 is 0 Å². The number of nitrogens with zero attached hydrogens (tertiary/aromatic N) is 1. The van der Waals surface area contributed by atoms with E-state index in [2.05, 4.69) is 24.5 Å². The second kappa shape index (κ2) is 6.00. The number of rotatable bonds is 3. The summed E-state index contributed by atoms with van der Waals surface area (Å²) >= 11 is 0. The molecule has 0 amide bonds. The van der Waals surface area contributed by atoms with Crippen molar-refractivity contribution in [3.05, 3.63) is 48.1 Å². The van der Waals surface area contributed by atoms with Gasteiger partial charge in [0.05, 0.1) is 11.6 Å². The summed E-state index contributed by atoms with van der Waals surface area (Å²) in [6, 6.07) is 2.27. The largest absolute Gasteiger partial charge is 0.316 e. The van der Waals surface area contributed by atoms with Crippen molar-refractivity contribution < 1.29 is 0 Å². The van der Waals surface area contributed by atoms with Crippen LogP contribution in [0.5, 0.6) is 0 Å². The lowest BCUT2D eigenvalue weighted by Crippen LogP contribution is -2.23. The van der Waals surface area contributed by atoms with Crippen molar-refractivity contribution in [3.8, 4) is 6.07 Å². The summed E-state index contributed by atoms with van der Waals surface area (Å²) in [7, 11) is 0. The molecule has 0 aromatic carbocycles. The zero-order chi connectivity index (χ0) is 11.1. The molecule has 0 spiro atoms. The van der Waals surface area contributed by atoms with E-state index in [9.17, 15) is 0 Å². The highest BCUT2D eigenvalue weighted by atomic mass is 14.9. The normalized spacial score (nSPS) is 16.7. The average molecular weight is 200 g/mol. The Labute approximate surface area is 91.3 Å². The highest BCUT2D eigenvalue weighted by Gasteiger charge is 2.12. The molecule has 0 unspecified atom stereocenters. The van der Waals surface area contributed by atoms with Gasteiger partial charge in [0, 0.05) is 0 Å². The number of nitrogens with one attached hydrogen (secondary N) is 1. The molecule has 1 aliphatic heterocycles. The summed E-state index contributed by atoms with van der Waals surface area (Å²) in [4.78, 5) is 0. The quantitative estimate of drug-likeness (QED) is 0.561. The Kier molecular flexibility index (Phi) is 4.59. The first kappa shape index (κ1) is 11.5. The van der Waals surface area contributed by atoms with Crippen molar-refractivity contribution in [2.75, 3.05) is 13.1 Å². The minimum Gasteiger partial charge on any atom is -0.316 e. The number of hydrogen-bond acceptors (Lipinski definition) is 2. The Balaban J connectivity index is 3.04. The van der Waals surface area contributed by atoms with Gasteiger partial charge in [0.25, 0.3) is 0 Å². The van der Waals surface area contributed by atoms with Gasteiger partial charge in [-0.2, -0.15) is 5.26 Å². The molecule has 15 heavy (non-hydrogen) atoms. The number of nitriles is 1. The second-order valence-electron chi connectivity index (χ2n) is 3.40. The van der Waals surface area contributed by atoms with Gasteiger partial charge in [-0.25, -0.2) is 0 Å². The predicted octanol–water partition coefficient (Wildman–Crippen LogP) is 2.49. The summed E-state index contributed by atoms with van der Waals surface area (Å²) < 4.78 is 0. The van der Waals surface area contributed by atoms with Crippen LogP contribution in [-0.4, -0.2) is 13.1 Å². The van der Waals surface area contributed by atoms with Crippen LogP contribution in [0.3, 0.4) is 0 Å². The minimum atomic E-state index is 0.770. The van der Waals surface area contributed by atoms with Crippen LogP contribution in [0.25, 0.3) is 0 Å². The average Bonchev–Trinajstić information content (AvgIpc) is 2.30. The summed E-state index contributed by atoms with van der Waals surface area (Å²) in [6.07, 6.45) is 7.14. The molecule has 1 N–H and O–H groups in total. The van der Waals surface area contributed by atoms with E-state index in [0.717, 1.165) is 37.1 Å². The first-order valence-electron chi connectivity index (χ1n) is 5.12. The topological polar surface area (TPSA) is 35.8 Å². The zero-order valence-corrected chi connectivity index (χ0v) is 8.92. The summed E-state index contributed by atoms with van der Waals surface area (Å²) in [5.41, 5.74) is 2.88. The van der Waals surface area contributed by atoms with Crippen LogP contribution in [-0.2, 0) is 0 Å². The monoisotopic (exact) mass is 200 g/mol. The van der Waals surface area contributed by atoms with Gasteiger partial charge < -0.3 is 5.32 Å². The molecule has 1 fully saturated rings. The third-order valence-electron chi connectivity index (χ3n) is 2.48. The fraction of sp³-hybridized carbons (Fsp3) is 0.308. The van der Waals surface area contributed by atoms with Gasteiger partial charge in [0.2, 0.25) is 0 Å². The molecule has 0 aromatic heterocycles. The smallest absolute Gasteiger partial charge is 0.0997 e. The Hall–Kier alpha value is -1.59. The maximum Gasteiger partial charge on any atom is 0.0997 e. The third-order valence-corrected chi connectivity index (χ3v) is 2.48. The molecule has 0 atom stereocenters. The van der Waals surface area contributed by atoms with Crippen molar-refractivity contribution >= 4 is 0 Å². The van der Waals surface area contributed by atoms with Crippen LogP contribution in [0.2, 0.25) is 0 Å². The van der Waals surface area contributed by atoms with Gasteiger partial charge in [-0.3, -0.25) is 0 Å². The van der Waals surface area contributed by atoms with E-state index in [1.54, 1.807) is 12.2 Å². The van der Waals surface area contributed by atoms with Crippen molar-refractivity contribution in [2.24, 2.45) is 0 Å². The van der Waals surface area contributed by atoms with Gasteiger partial charge in [-0.05, 0) is 37.1 Å². The van der Waals surface area contributed by atoms with Gasteiger partial charge in [-0.15, -0.1) is 0 Å². The van der Waals surface area contributed by atoms with Crippen molar-refractivity contribution in [1.29, 1.82) is 5.26 Å². The molecule has 0 radical (unpaired) electrons. The molecule has 0 aliphatic carbocycles. The molecule has 2 nitrogen and oxygen atoms in total. The molecule has 1 saturated heterocycles. The number of piperidine rings is 1. The van der Waals surface area contributed by atoms with Crippen molar-refractivity contribution in [2.45, 2.75) is 12.8 Å². The summed E-state index contributed by atoms with van der Waals surface area (Å²) in [5.74, 6) is 0. The highest BCUT2D eigenvalue weighted by molar-refractivity contribution is 5.52. The van der Waals surface area contributed by atoms with E-state index < -0.39 is 0 Å². The van der Waals surface area contributed by atoms with Crippen molar-refractivity contribution in [1.82, 2.24) is 5.32 Å². The lowest BCUT2D eigenvalue weighted by Gasteiger charge is -2.17. The van der Waals surface area contributed by atoms with E-state index in [1.807, 2.05) is 6.08 Å². The van der Waals surface area contributed by atoms with E-state index in [0.29, 0.717) is 0 Å². The number of hydrogen-bond donors (Lipinski definition) is 1. The molecule has 1 rings (SSSR count). The summed E-state index contributed by atoms with van der Waals surface area (Å²) in [5, 5.41) is 12.4. The molecule has 0 bridgehead atoms. The maximum atomic E-state index is 9.16. The van der Waals surface area contributed by atoms with Crippen LogP contribution in [0.4, 0.5) is 0 Å². The van der Waals surface area contributed by atoms with Crippen LogP contribution in [0.15, 0.2) is 48.1 Å². The highest BCUT2D eigenvalue weighted by Crippen LogP contribution is 2.22. The lowest BCUT2D eigenvalue weighted by atomic mass is 9.94. The maximum absolute atomic E-state index is 9.16. The van der Waals surface area contributed by atoms with E-state index in [4.69, 9.17) is 5.26 Å². The minimum absolute atomic E-state index is 0.770. The molecule has 0 saturated carbocycles. The van der Waals surface area contributed by atoms with Crippen LogP contribution < -0.4 is 5.32 Å². The second-order valence-corrected chi connectivity index (χ2v) is 3.40. The van der Waals surface area contributed by atoms with Crippen LogP contribution in [0, 0.1) is 11.3 Å². The Bertz CT molecular complexity index is 345. The molecule has 1 aliphatic rings. The summed E-state index contributed by atoms with van der Waals surface area (Å²) in [6.45, 7) is 9.28. The zero-order valence-electron chi connectivity index (χ0n) is 8.92. The fourth-order valence-corrected chi connectivity index (χ4v) is 1.71. The molecular formula is C13H16N2. The van der Waals surface area contributed by atoms with E-state index in [1.165, 1.54) is 5.57 Å². The number of allylic oxidation sites excluding steroid dienone is 5. The third kappa shape index (κ3) is 2.93. The van der Waals surface area contributed by atoms with Crippen LogP contribution in [0.1, 0.15) is 12.8 Å². The SMILES string of the molecule is C=C/C=C(\C=C)C(C#N)=C1CCNCC1. The van der Waals surface area contributed by atoms with E-state index >= 15 is 0 Å². The van der Waals surface area contributed by atoms with Gasteiger partial charge >= 0.3 is 0 Å². The lowest BCUT2D eigenvalue weighted by molar-refractivity contribution is 0.607. The Morgan fingerprint density at radius 2 is 2.00 bits per heavy atom. The molecular weight excluding hydrogens is 184 g/mol. The molecule has 1 heterocycles. The standard InChI is InChI=1S/C13H16N2/c1-3-5-11(4-2)13(10-14)12-6-8-15-9-7-12/h3-5,15H,1-2,6-9H2/b11-5+. The van der Waals surface area contributed by atoms with Gasteiger partial charge in [-0.1, -0.05) is 31.4 Å². The first-order valence-corrected chi connectivity index (χ1v) is 5.12. The Morgan fingerprint density at radius 3 is 2.47 bits per heavy atom. The molecule has 78 valence electrons. The Morgan fingerprint density at radius 1 is 1.33 bits per heavy atom.